The minimum absolute atomic E-state index is 0.0909. The topological polar surface area (TPSA) is 79.3 Å². The van der Waals surface area contributed by atoms with Crippen LogP contribution in [0, 0.1) is 0 Å². The molecule has 0 bridgehead atoms. The Kier molecular flexibility index (Phi) is 5.66. The summed E-state index contributed by atoms with van der Waals surface area (Å²) in [5, 5.41) is 17.8. The highest BCUT2D eigenvalue weighted by molar-refractivity contribution is 7.22. The molecule has 2 aliphatic rings. The van der Waals surface area contributed by atoms with E-state index in [9.17, 15) is 5.11 Å². The molecule has 156 valence electrons. The summed E-state index contributed by atoms with van der Waals surface area (Å²) in [6.07, 6.45) is 10.7. The third-order valence-electron chi connectivity index (χ3n) is 5.78. The van der Waals surface area contributed by atoms with Crippen LogP contribution in [-0.2, 0) is 0 Å². The second-order valence-corrected chi connectivity index (χ2v) is 8.98. The molecule has 0 saturated heterocycles. The number of fused-ring (bicyclic) bond motifs is 1. The third-order valence-corrected chi connectivity index (χ3v) is 6.73. The summed E-state index contributed by atoms with van der Waals surface area (Å²) in [7, 11) is 0. The van der Waals surface area contributed by atoms with Crippen molar-refractivity contribution in [3.63, 3.8) is 0 Å². The third kappa shape index (κ3) is 4.33. The van der Waals surface area contributed by atoms with Crippen LogP contribution in [0.3, 0.4) is 0 Å². The van der Waals surface area contributed by atoms with Gasteiger partial charge in [-0.15, -0.1) is 0 Å². The second kappa shape index (κ2) is 8.71. The highest BCUT2D eigenvalue weighted by Gasteiger charge is 2.23. The Balaban J connectivity index is 1.32. The van der Waals surface area contributed by atoms with E-state index in [4.69, 9.17) is 4.74 Å². The molecule has 0 amide bonds. The lowest BCUT2D eigenvalue weighted by molar-refractivity contribution is 0.116. The standard InChI is InChI=1S/C23H26N4O2S/c28-21-4-2-1-3-19(21)26-23-27-20-6-5-17(12-22(20)30-23)29-18-11-16(13-25-14-18)15-7-9-24-10-8-15/h5-7,11-14,19,21,24,28H,1-4,8-10H2,(H,26,27)/t19-,21-/m1/s1. The first kappa shape index (κ1) is 19.5. The Bertz CT molecular complexity index is 1060. The maximum atomic E-state index is 10.2. The Labute approximate surface area is 180 Å². The fourth-order valence-electron chi connectivity index (χ4n) is 4.14. The summed E-state index contributed by atoms with van der Waals surface area (Å²) in [5.74, 6) is 1.51. The highest BCUT2D eigenvalue weighted by Crippen LogP contribution is 2.33. The number of benzene rings is 1. The number of ether oxygens (including phenoxy) is 1. The van der Waals surface area contributed by atoms with Crippen LogP contribution in [0.15, 0.2) is 42.7 Å². The molecule has 3 N–H and O–H groups in total. The quantitative estimate of drug-likeness (QED) is 0.559. The van der Waals surface area contributed by atoms with Gasteiger partial charge in [-0.2, -0.15) is 0 Å². The number of anilines is 1. The van der Waals surface area contributed by atoms with Gasteiger partial charge in [0.1, 0.15) is 11.5 Å². The van der Waals surface area contributed by atoms with Crippen LogP contribution in [0.25, 0.3) is 15.8 Å². The Morgan fingerprint density at radius 3 is 2.93 bits per heavy atom. The van der Waals surface area contributed by atoms with E-state index in [1.54, 1.807) is 17.5 Å². The predicted molar refractivity (Wildman–Crippen MR) is 121 cm³/mol. The number of hydrogen-bond donors (Lipinski definition) is 3. The minimum Gasteiger partial charge on any atom is -0.456 e. The summed E-state index contributed by atoms with van der Waals surface area (Å²) >= 11 is 1.60. The van der Waals surface area contributed by atoms with E-state index in [-0.39, 0.29) is 12.1 Å². The van der Waals surface area contributed by atoms with Crippen LogP contribution in [0.4, 0.5) is 5.13 Å². The lowest BCUT2D eigenvalue weighted by Crippen LogP contribution is -2.36. The number of pyridine rings is 1. The lowest BCUT2D eigenvalue weighted by Gasteiger charge is -2.27. The van der Waals surface area contributed by atoms with Crippen molar-refractivity contribution in [3.05, 3.63) is 48.3 Å². The molecule has 6 nitrogen and oxygen atoms in total. The van der Waals surface area contributed by atoms with Gasteiger partial charge >= 0.3 is 0 Å². The molecule has 3 aromatic rings. The molecule has 0 spiro atoms. The highest BCUT2D eigenvalue weighted by atomic mass is 32.1. The molecule has 1 aliphatic carbocycles. The number of thiazole rings is 1. The van der Waals surface area contributed by atoms with Gasteiger partial charge in [0, 0.05) is 18.8 Å². The molecule has 1 aromatic carbocycles. The number of hydrogen-bond acceptors (Lipinski definition) is 7. The van der Waals surface area contributed by atoms with Crippen molar-refractivity contribution in [1.29, 1.82) is 0 Å². The van der Waals surface area contributed by atoms with Crippen molar-refractivity contribution in [2.45, 2.75) is 44.2 Å². The van der Waals surface area contributed by atoms with Crippen molar-refractivity contribution in [2.75, 3.05) is 18.4 Å². The summed E-state index contributed by atoms with van der Waals surface area (Å²) in [4.78, 5) is 9.04. The largest absolute Gasteiger partial charge is 0.456 e. The average Bonchev–Trinajstić information content (AvgIpc) is 3.18. The van der Waals surface area contributed by atoms with Gasteiger partial charge in [-0.3, -0.25) is 4.98 Å². The summed E-state index contributed by atoms with van der Waals surface area (Å²) in [6.45, 7) is 1.89. The minimum atomic E-state index is -0.292. The van der Waals surface area contributed by atoms with Crippen molar-refractivity contribution in [1.82, 2.24) is 15.3 Å². The van der Waals surface area contributed by atoms with Crippen LogP contribution in [0.1, 0.15) is 37.7 Å². The maximum absolute atomic E-state index is 10.2. The van der Waals surface area contributed by atoms with Gasteiger partial charge in [0.2, 0.25) is 0 Å². The molecule has 1 aliphatic heterocycles. The number of rotatable bonds is 5. The van der Waals surface area contributed by atoms with Crippen molar-refractivity contribution < 1.29 is 9.84 Å². The summed E-state index contributed by atoms with van der Waals surface area (Å²) in [5.41, 5.74) is 3.36. The van der Waals surface area contributed by atoms with E-state index in [0.29, 0.717) is 0 Å². The van der Waals surface area contributed by atoms with E-state index in [0.717, 1.165) is 77.6 Å². The molecular weight excluding hydrogens is 396 g/mol. The molecule has 0 radical (unpaired) electrons. The molecule has 1 saturated carbocycles. The van der Waals surface area contributed by atoms with E-state index < -0.39 is 0 Å². The number of nitrogens with zero attached hydrogens (tertiary/aromatic N) is 2. The van der Waals surface area contributed by atoms with Crippen LogP contribution >= 0.6 is 11.3 Å². The van der Waals surface area contributed by atoms with Gasteiger partial charge in [-0.05, 0) is 55.1 Å². The Morgan fingerprint density at radius 1 is 1.13 bits per heavy atom. The molecule has 7 heteroatoms. The summed E-state index contributed by atoms with van der Waals surface area (Å²) in [6, 6.07) is 8.09. The van der Waals surface area contributed by atoms with Gasteiger partial charge < -0.3 is 20.5 Å². The maximum Gasteiger partial charge on any atom is 0.184 e. The first-order valence-corrected chi connectivity index (χ1v) is 11.4. The number of aliphatic hydroxyl groups is 1. The zero-order valence-corrected chi connectivity index (χ0v) is 17.6. The van der Waals surface area contributed by atoms with Crippen LogP contribution in [0.5, 0.6) is 11.5 Å². The average molecular weight is 423 g/mol. The fraction of sp³-hybridized carbons (Fsp3) is 0.391. The number of aliphatic hydroxyl groups excluding tert-OH is 1. The zero-order valence-electron chi connectivity index (χ0n) is 16.8. The number of nitrogens with one attached hydrogen (secondary N) is 2. The van der Waals surface area contributed by atoms with E-state index >= 15 is 0 Å². The van der Waals surface area contributed by atoms with Gasteiger partial charge in [0.05, 0.1) is 28.6 Å². The van der Waals surface area contributed by atoms with Gasteiger partial charge in [-0.1, -0.05) is 30.3 Å². The van der Waals surface area contributed by atoms with Gasteiger partial charge in [0.25, 0.3) is 0 Å². The molecule has 30 heavy (non-hydrogen) atoms. The van der Waals surface area contributed by atoms with Crippen molar-refractivity contribution in [2.24, 2.45) is 0 Å². The molecule has 5 rings (SSSR count). The number of aromatic nitrogens is 2. The fourth-order valence-corrected chi connectivity index (χ4v) is 5.10. The lowest BCUT2D eigenvalue weighted by atomic mass is 9.93. The van der Waals surface area contributed by atoms with Crippen LogP contribution < -0.4 is 15.4 Å². The first-order valence-electron chi connectivity index (χ1n) is 10.6. The van der Waals surface area contributed by atoms with Crippen LogP contribution in [0.2, 0.25) is 0 Å². The van der Waals surface area contributed by atoms with Gasteiger partial charge in [0.15, 0.2) is 5.13 Å². The molecule has 3 heterocycles. The van der Waals surface area contributed by atoms with Crippen LogP contribution in [-0.4, -0.2) is 40.3 Å². The Hall–Kier alpha value is -2.48. The van der Waals surface area contributed by atoms with E-state index in [1.165, 1.54) is 5.57 Å². The predicted octanol–water partition coefficient (Wildman–Crippen LogP) is 4.58. The summed E-state index contributed by atoms with van der Waals surface area (Å²) < 4.78 is 7.17. The Morgan fingerprint density at radius 2 is 2.07 bits per heavy atom. The normalized spacial score (nSPS) is 22.0. The van der Waals surface area contributed by atoms with Gasteiger partial charge in [-0.25, -0.2) is 4.98 Å². The first-order chi connectivity index (χ1) is 14.7. The monoisotopic (exact) mass is 422 g/mol. The molecule has 2 atom stereocenters. The molecule has 1 fully saturated rings. The van der Waals surface area contributed by atoms with Crippen molar-refractivity contribution in [3.8, 4) is 11.5 Å². The SMILES string of the molecule is O[C@@H]1CCCC[C@H]1Nc1nc2ccc(Oc3cncc(C4=CCNCC4)c3)cc2s1. The molecule has 2 aromatic heterocycles. The zero-order chi connectivity index (χ0) is 20.3. The van der Waals surface area contributed by atoms with Crippen molar-refractivity contribution >= 4 is 32.3 Å². The van der Waals surface area contributed by atoms with E-state index in [2.05, 4.69) is 32.7 Å². The van der Waals surface area contributed by atoms with E-state index in [1.807, 2.05) is 24.4 Å². The molecule has 0 unspecified atom stereocenters. The molecular formula is C23H26N4O2S. The second-order valence-electron chi connectivity index (χ2n) is 7.95. The smallest absolute Gasteiger partial charge is 0.184 e.